The van der Waals surface area contributed by atoms with Gasteiger partial charge in [-0.1, -0.05) is 44.2 Å². The highest BCUT2D eigenvalue weighted by molar-refractivity contribution is 6.03. The Balaban J connectivity index is 1.78. The molecule has 4 nitrogen and oxygen atoms in total. The Morgan fingerprint density at radius 2 is 1.78 bits per heavy atom. The van der Waals surface area contributed by atoms with Crippen LogP contribution in [0.1, 0.15) is 57.3 Å². The van der Waals surface area contributed by atoms with Gasteiger partial charge >= 0.3 is 0 Å². The van der Waals surface area contributed by atoms with E-state index in [1.54, 1.807) is 0 Å². The molecule has 0 radical (unpaired) electrons. The van der Waals surface area contributed by atoms with E-state index in [0.29, 0.717) is 6.61 Å². The van der Waals surface area contributed by atoms with Crippen molar-refractivity contribution in [3.05, 3.63) is 35.9 Å². The minimum atomic E-state index is -0.437. The number of Topliss-reactive ketones (excluding diaryl/α,β-unsaturated/α-hetero) is 1. The second kappa shape index (κ2) is 8.42. The molecule has 1 aromatic carbocycles. The van der Waals surface area contributed by atoms with E-state index in [4.69, 9.17) is 4.74 Å². The lowest BCUT2D eigenvalue weighted by atomic mass is 9.74. The van der Waals surface area contributed by atoms with Crippen molar-refractivity contribution in [1.29, 1.82) is 0 Å². The summed E-state index contributed by atoms with van der Waals surface area (Å²) in [5, 5.41) is 0. The van der Waals surface area contributed by atoms with Gasteiger partial charge in [0, 0.05) is 44.8 Å². The van der Waals surface area contributed by atoms with E-state index in [0.717, 1.165) is 50.5 Å². The quantitative estimate of drug-likeness (QED) is 0.710. The lowest BCUT2D eigenvalue weighted by Gasteiger charge is -2.52. The third-order valence-electron chi connectivity index (χ3n) is 6.19. The van der Waals surface area contributed by atoms with Gasteiger partial charge in [-0.3, -0.25) is 9.69 Å². The summed E-state index contributed by atoms with van der Waals surface area (Å²) in [5.74, 6) is 1.01. The average Bonchev–Trinajstić information content (AvgIpc) is 2.66. The van der Waals surface area contributed by atoms with Crippen LogP contribution in [0.4, 0.5) is 0 Å². The molecule has 3 rings (SSSR count). The van der Waals surface area contributed by atoms with Crippen LogP contribution in [0.2, 0.25) is 0 Å². The first-order valence-electron chi connectivity index (χ1n) is 10.5. The molecule has 0 aliphatic carbocycles. The molecule has 4 heteroatoms. The Morgan fingerprint density at radius 1 is 1.11 bits per heavy atom. The number of piperazine rings is 1. The highest BCUT2D eigenvalue weighted by Gasteiger charge is 2.50. The number of ether oxygens (including phenoxy) is 1. The van der Waals surface area contributed by atoms with Crippen LogP contribution < -0.4 is 0 Å². The molecule has 0 N–H and O–H groups in total. The monoisotopic (exact) mass is 372 g/mol. The Bertz CT molecular complexity index is 621. The molecule has 0 saturated carbocycles. The van der Waals surface area contributed by atoms with E-state index in [1.165, 1.54) is 13.0 Å². The Kier molecular flexibility index (Phi) is 6.39. The van der Waals surface area contributed by atoms with Crippen molar-refractivity contribution in [2.45, 2.75) is 58.1 Å². The fourth-order valence-corrected chi connectivity index (χ4v) is 4.65. The van der Waals surface area contributed by atoms with Gasteiger partial charge in [-0.25, -0.2) is 0 Å². The second-order valence-electron chi connectivity index (χ2n) is 9.27. The predicted molar refractivity (Wildman–Crippen MR) is 110 cm³/mol. The first kappa shape index (κ1) is 20.5. The summed E-state index contributed by atoms with van der Waals surface area (Å²) in [6, 6.07) is 9.84. The van der Waals surface area contributed by atoms with Crippen LogP contribution >= 0.6 is 0 Å². The van der Waals surface area contributed by atoms with Crippen molar-refractivity contribution in [3.63, 3.8) is 0 Å². The Hall–Kier alpha value is -1.23. The van der Waals surface area contributed by atoms with Gasteiger partial charge in [0.05, 0.1) is 11.1 Å². The topological polar surface area (TPSA) is 32.8 Å². The Morgan fingerprint density at radius 3 is 2.37 bits per heavy atom. The van der Waals surface area contributed by atoms with Crippen molar-refractivity contribution in [2.75, 3.05) is 39.3 Å². The first-order chi connectivity index (χ1) is 12.8. The molecule has 1 atom stereocenters. The SMILES string of the molecule is CC(C)CCN1CCN(C2(C(=O)c3ccccc3)CCOC(C)(C)C2)CC1. The van der Waals surface area contributed by atoms with Crippen LogP contribution in [0.25, 0.3) is 0 Å². The lowest BCUT2D eigenvalue weighted by molar-refractivity contribution is -0.113. The molecule has 150 valence electrons. The van der Waals surface area contributed by atoms with Crippen molar-refractivity contribution in [3.8, 4) is 0 Å². The summed E-state index contributed by atoms with van der Waals surface area (Å²) in [7, 11) is 0. The zero-order chi connectivity index (χ0) is 19.5. The smallest absolute Gasteiger partial charge is 0.183 e. The largest absolute Gasteiger partial charge is 0.375 e. The van der Waals surface area contributed by atoms with Crippen LogP contribution in [0.5, 0.6) is 0 Å². The highest BCUT2D eigenvalue weighted by atomic mass is 16.5. The number of carbonyl (C=O) groups excluding carboxylic acids is 1. The maximum atomic E-state index is 13.7. The number of benzene rings is 1. The maximum absolute atomic E-state index is 13.7. The Labute approximate surface area is 164 Å². The summed E-state index contributed by atoms with van der Waals surface area (Å²) in [6.45, 7) is 14.7. The first-order valence-corrected chi connectivity index (χ1v) is 10.5. The average molecular weight is 373 g/mol. The number of nitrogens with zero attached hydrogens (tertiary/aromatic N) is 2. The summed E-state index contributed by atoms with van der Waals surface area (Å²) in [6.07, 6.45) is 2.80. The van der Waals surface area contributed by atoms with Gasteiger partial charge in [-0.05, 0) is 39.2 Å². The molecule has 0 bridgehead atoms. The van der Waals surface area contributed by atoms with Crippen LogP contribution in [0.3, 0.4) is 0 Å². The van der Waals surface area contributed by atoms with E-state index >= 15 is 0 Å². The minimum Gasteiger partial charge on any atom is -0.375 e. The van der Waals surface area contributed by atoms with Gasteiger partial charge in [-0.15, -0.1) is 0 Å². The summed E-state index contributed by atoms with van der Waals surface area (Å²) >= 11 is 0. The van der Waals surface area contributed by atoms with E-state index in [-0.39, 0.29) is 11.4 Å². The standard InChI is InChI=1S/C23H36N2O2/c1-19(2)10-12-24-13-15-25(16-14-24)23(11-17-27-22(3,4)18-23)21(26)20-8-6-5-7-9-20/h5-9,19H,10-18H2,1-4H3. The van der Waals surface area contributed by atoms with Crippen LogP contribution in [-0.4, -0.2) is 66.1 Å². The van der Waals surface area contributed by atoms with E-state index in [2.05, 4.69) is 37.5 Å². The molecule has 2 aliphatic rings. The molecule has 2 aliphatic heterocycles. The third kappa shape index (κ3) is 4.79. The predicted octanol–water partition coefficient (Wildman–Crippen LogP) is 3.86. The zero-order valence-electron chi connectivity index (χ0n) is 17.5. The van der Waals surface area contributed by atoms with Gasteiger partial charge in [0.1, 0.15) is 0 Å². The van der Waals surface area contributed by atoms with Crippen molar-refractivity contribution >= 4 is 5.78 Å². The molecule has 0 spiro atoms. The van der Waals surface area contributed by atoms with E-state index in [1.807, 2.05) is 30.3 Å². The van der Waals surface area contributed by atoms with Crippen molar-refractivity contribution in [1.82, 2.24) is 9.80 Å². The molecule has 0 aromatic heterocycles. The molecule has 2 saturated heterocycles. The molecular weight excluding hydrogens is 336 g/mol. The van der Waals surface area contributed by atoms with Gasteiger partial charge in [0.25, 0.3) is 0 Å². The van der Waals surface area contributed by atoms with Gasteiger partial charge in [0.2, 0.25) is 0 Å². The van der Waals surface area contributed by atoms with Gasteiger partial charge in [0.15, 0.2) is 5.78 Å². The lowest BCUT2D eigenvalue weighted by Crippen LogP contribution is -2.65. The molecule has 1 unspecified atom stereocenters. The number of carbonyl (C=O) groups is 1. The normalized spacial score (nSPS) is 27.0. The van der Waals surface area contributed by atoms with E-state index in [9.17, 15) is 4.79 Å². The van der Waals surface area contributed by atoms with Crippen molar-refractivity contribution < 1.29 is 9.53 Å². The molecule has 0 amide bonds. The van der Waals surface area contributed by atoms with Crippen LogP contribution in [0.15, 0.2) is 30.3 Å². The molecular formula is C23H36N2O2. The summed E-state index contributed by atoms with van der Waals surface area (Å²) in [5.41, 5.74) is 0.127. The molecule has 1 aromatic rings. The fraction of sp³-hybridized carbons (Fsp3) is 0.696. The summed E-state index contributed by atoms with van der Waals surface area (Å²) < 4.78 is 5.99. The summed E-state index contributed by atoms with van der Waals surface area (Å²) in [4.78, 5) is 18.7. The second-order valence-corrected chi connectivity index (χ2v) is 9.27. The zero-order valence-corrected chi connectivity index (χ0v) is 17.5. The molecule has 2 heterocycles. The van der Waals surface area contributed by atoms with Gasteiger partial charge < -0.3 is 9.64 Å². The van der Waals surface area contributed by atoms with E-state index < -0.39 is 5.54 Å². The van der Waals surface area contributed by atoms with Crippen molar-refractivity contribution in [2.24, 2.45) is 5.92 Å². The number of hydrogen-bond acceptors (Lipinski definition) is 4. The minimum absolute atomic E-state index is 0.266. The number of hydrogen-bond donors (Lipinski definition) is 0. The van der Waals surface area contributed by atoms with Crippen LogP contribution in [0, 0.1) is 5.92 Å². The molecule has 27 heavy (non-hydrogen) atoms. The highest BCUT2D eigenvalue weighted by Crippen LogP contribution is 2.39. The van der Waals surface area contributed by atoms with Crippen LogP contribution in [-0.2, 0) is 4.74 Å². The molecule has 2 fully saturated rings. The maximum Gasteiger partial charge on any atom is 0.183 e. The fourth-order valence-electron chi connectivity index (χ4n) is 4.65. The van der Waals surface area contributed by atoms with Gasteiger partial charge in [-0.2, -0.15) is 0 Å². The number of ketones is 1. The third-order valence-corrected chi connectivity index (χ3v) is 6.19. The number of rotatable bonds is 6.